The number of ether oxygens (including phenoxy) is 3. The number of benzene rings is 3. The van der Waals surface area contributed by atoms with Crippen LogP contribution in [0.5, 0.6) is 5.75 Å². The van der Waals surface area contributed by atoms with E-state index in [-0.39, 0.29) is 5.91 Å². The van der Waals surface area contributed by atoms with E-state index in [9.17, 15) is 4.79 Å². The van der Waals surface area contributed by atoms with Gasteiger partial charge in [-0.3, -0.25) is 9.69 Å². The van der Waals surface area contributed by atoms with Gasteiger partial charge >= 0.3 is 0 Å². The van der Waals surface area contributed by atoms with Gasteiger partial charge in [-0.05, 0) is 48.5 Å². The standard InChI is InChI=1S/C31H33N5O4/c1-38-18-19-40-26-7-8-27-28(21-26)34-30(33-27)22-2-4-23(5-3-22)31(37)32-25-6-9-29-24(20-25)10-11-36(29)13-12-35-14-16-39-17-15-35/h2-11,20-21H,12-19H2,1H3,(H,32,37)(H,33,34). The summed E-state index contributed by atoms with van der Waals surface area (Å²) in [5.41, 5.74) is 5.15. The molecule has 1 aliphatic rings. The maximum atomic E-state index is 13.0. The number of nitrogens with zero attached hydrogens (tertiary/aromatic N) is 3. The van der Waals surface area contributed by atoms with Crippen molar-refractivity contribution in [3.63, 3.8) is 0 Å². The number of anilines is 1. The molecule has 1 saturated heterocycles. The van der Waals surface area contributed by atoms with Crippen LogP contribution in [-0.4, -0.2) is 78.5 Å². The first kappa shape index (κ1) is 26.1. The second-order valence-electron chi connectivity index (χ2n) is 9.87. The van der Waals surface area contributed by atoms with E-state index in [0.717, 1.165) is 84.2 Å². The molecule has 40 heavy (non-hydrogen) atoms. The molecule has 9 nitrogen and oxygen atoms in total. The molecule has 5 aromatic rings. The lowest BCUT2D eigenvalue weighted by Crippen LogP contribution is -2.38. The van der Waals surface area contributed by atoms with Crippen LogP contribution in [0.4, 0.5) is 5.69 Å². The number of imidazole rings is 1. The summed E-state index contributed by atoms with van der Waals surface area (Å²) in [7, 11) is 1.65. The van der Waals surface area contributed by atoms with Crippen LogP contribution in [0.2, 0.25) is 0 Å². The summed E-state index contributed by atoms with van der Waals surface area (Å²) in [5, 5.41) is 4.14. The second-order valence-corrected chi connectivity index (χ2v) is 9.87. The largest absolute Gasteiger partial charge is 0.491 e. The number of fused-ring (bicyclic) bond motifs is 2. The molecule has 0 atom stereocenters. The fourth-order valence-corrected chi connectivity index (χ4v) is 4.99. The highest BCUT2D eigenvalue weighted by molar-refractivity contribution is 6.05. The Bertz CT molecular complexity index is 1600. The van der Waals surface area contributed by atoms with Crippen LogP contribution < -0.4 is 10.1 Å². The second kappa shape index (κ2) is 11.9. The molecule has 0 unspecified atom stereocenters. The SMILES string of the molecule is COCCOc1ccc2nc(-c3ccc(C(=O)Nc4ccc5c(ccn5CCN5CCOCC5)c4)cc3)[nH]c2c1. The molecular weight excluding hydrogens is 506 g/mol. The summed E-state index contributed by atoms with van der Waals surface area (Å²) in [6.07, 6.45) is 2.11. The van der Waals surface area contributed by atoms with Gasteiger partial charge in [0.1, 0.15) is 18.2 Å². The number of hydrogen-bond donors (Lipinski definition) is 2. The number of nitrogens with one attached hydrogen (secondary N) is 2. The lowest BCUT2D eigenvalue weighted by molar-refractivity contribution is 0.0365. The van der Waals surface area contributed by atoms with Crippen LogP contribution in [-0.2, 0) is 16.0 Å². The molecule has 0 radical (unpaired) electrons. The molecule has 206 valence electrons. The highest BCUT2D eigenvalue weighted by atomic mass is 16.5. The first-order chi connectivity index (χ1) is 19.7. The number of morpholine rings is 1. The molecule has 3 heterocycles. The molecule has 0 bridgehead atoms. The third kappa shape index (κ3) is 5.86. The minimum Gasteiger partial charge on any atom is -0.491 e. The van der Waals surface area contributed by atoms with E-state index in [4.69, 9.17) is 14.2 Å². The van der Waals surface area contributed by atoms with Gasteiger partial charge in [-0.1, -0.05) is 12.1 Å². The number of carbonyl (C=O) groups excluding carboxylic acids is 1. The van der Waals surface area contributed by atoms with Gasteiger partial charge in [0.25, 0.3) is 5.91 Å². The molecule has 9 heteroatoms. The third-order valence-electron chi connectivity index (χ3n) is 7.22. The summed E-state index contributed by atoms with van der Waals surface area (Å²) < 4.78 is 18.4. The first-order valence-corrected chi connectivity index (χ1v) is 13.6. The Kier molecular flexibility index (Phi) is 7.76. The highest BCUT2D eigenvalue weighted by Crippen LogP contribution is 2.25. The average Bonchev–Trinajstić information content (AvgIpc) is 3.60. The number of hydrogen-bond acceptors (Lipinski definition) is 6. The molecule has 0 aliphatic carbocycles. The van der Waals surface area contributed by atoms with Crippen molar-refractivity contribution >= 4 is 33.5 Å². The summed E-state index contributed by atoms with van der Waals surface area (Å²) >= 11 is 0. The van der Waals surface area contributed by atoms with Crippen molar-refractivity contribution in [1.29, 1.82) is 0 Å². The Morgan fingerprint density at radius 1 is 1.00 bits per heavy atom. The number of carbonyl (C=O) groups is 1. The number of amides is 1. The topological polar surface area (TPSA) is 93.6 Å². The van der Waals surface area contributed by atoms with Crippen LogP contribution >= 0.6 is 0 Å². The third-order valence-corrected chi connectivity index (χ3v) is 7.22. The fraction of sp³-hybridized carbons (Fsp3) is 0.290. The van der Waals surface area contributed by atoms with Gasteiger partial charge in [0.15, 0.2) is 0 Å². The van der Waals surface area contributed by atoms with Crippen LogP contribution in [0.25, 0.3) is 33.3 Å². The number of H-pyrrole nitrogens is 1. The lowest BCUT2D eigenvalue weighted by atomic mass is 10.1. The first-order valence-electron chi connectivity index (χ1n) is 13.6. The van der Waals surface area contributed by atoms with Gasteiger partial charge in [0.05, 0.1) is 30.9 Å². The van der Waals surface area contributed by atoms with E-state index < -0.39 is 0 Å². The number of rotatable bonds is 10. The van der Waals surface area contributed by atoms with Crippen molar-refractivity contribution in [1.82, 2.24) is 19.4 Å². The molecule has 3 aromatic carbocycles. The normalized spacial score (nSPS) is 14.1. The van der Waals surface area contributed by atoms with Gasteiger partial charge in [-0.25, -0.2) is 4.98 Å². The molecule has 0 spiro atoms. The number of methoxy groups -OCH3 is 1. The minimum atomic E-state index is -0.153. The average molecular weight is 540 g/mol. The van der Waals surface area contributed by atoms with Crippen molar-refractivity contribution in [3.8, 4) is 17.1 Å². The summed E-state index contributed by atoms with van der Waals surface area (Å²) in [4.78, 5) is 23.5. The van der Waals surface area contributed by atoms with Crippen LogP contribution in [0, 0.1) is 0 Å². The maximum Gasteiger partial charge on any atom is 0.255 e. The maximum absolute atomic E-state index is 13.0. The Morgan fingerprint density at radius 2 is 1.85 bits per heavy atom. The molecular formula is C31H33N5O4. The van der Waals surface area contributed by atoms with E-state index in [2.05, 4.69) is 43.1 Å². The molecule has 2 N–H and O–H groups in total. The Labute approximate surface area is 232 Å². The molecule has 6 rings (SSSR count). The summed E-state index contributed by atoms with van der Waals surface area (Å²) in [6, 6.07) is 21.3. The molecule has 0 saturated carbocycles. The molecule has 1 aliphatic heterocycles. The van der Waals surface area contributed by atoms with Gasteiger partial charge < -0.3 is 29.1 Å². The predicted octanol–water partition coefficient (Wildman–Crippen LogP) is 4.79. The number of aromatic nitrogens is 3. The van der Waals surface area contributed by atoms with E-state index in [1.165, 1.54) is 0 Å². The van der Waals surface area contributed by atoms with Crippen molar-refractivity contribution < 1.29 is 19.0 Å². The Hall–Kier alpha value is -4.18. The van der Waals surface area contributed by atoms with Crippen LogP contribution in [0.1, 0.15) is 10.4 Å². The monoisotopic (exact) mass is 539 g/mol. The summed E-state index contributed by atoms with van der Waals surface area (Å²) in [5.74, 6) is 1.34. The van der Waals surface area contributed by atoms with Gasteiger partial charge in [0.2, 0.25) is 0 Å². The van der Waals surface area contributed by atoms with Crippen LogP contribution in [0.15, 0.2) is 72.9 Å². The fourth-order valence-electron chi connectivity index (χ4n) is 4.99. The zero-order valence-electron chi connectivity index (χ0n) is 22.6. The minimum absolute atomic E-state index is 0.153. The van der Waals surface area contributed by atoms with Crippen LogP contribution in [0.3, 0.4) is 0 Å². The van der Waals surface area contributed by atoms with Crippen molar-refractivity contribution in [2.24, 2.45) is 0 Å². The Morgan fingerprint density at radius 3 is 2.67 bits per heavy atom. The van der Waals surface area contributed by atoms with Gasteiger partial charge in [0, 0.05) is 73.3 Å². The van der Waals surface area contributed by atoms with Gasteiger partial charge in [-0.2, -0.15) is 0 Å². The summed E-state index contributed by atoms with van der Waals surface area (Å²) in [6.45, 7) is 6.54. The van der Waals surface area contributed by atoms with Crippen molar-refractivity contribution in [3.05, 3.63) is 78.5 Å². The van der Waals surface area contributed by atoms with E-state index in [1.807, 2.05) is 54.6 Å². The van der Waals surface area contributed by atoms with E-state index in [1.54, 1.807) is 7.11 Å². The quantitative estimate of drug-likeness (QED) is 0.248. The van der Waals surface area contributed by atoms with Crippen molar-refractivity contribution in [2.45, 2.75) is 6.54 Å². The van der Waals surface area contributed by atoms with Gasteiger partial charge in [-0.15, -0.1) is 0 Å². The number of aromatic amines is 1. The molecule has 1 amide bonds. The predicted molar refractivity (Wildman–Crippen MR) is 156 cm³/mol. The van der Waals surface area contributed by atoms with E-state index >= 15 is 0 Å². The van der Waals surface area contributed by atoms with Crippen molar-refractivity contribution in [2.75, 3.05) is 58.5 Å². The highest BCUT2D eigenvalue weighted by Gasteiger charge is 2.13. The lowest BCUT2D eigenvalue weighted by Gasteiger charge is -2.26. The zero-order chi connectivity index (χ0) is 27.3. The Balaban J connectivity index is 1.09. The molecule has 2 aromatic heterocycles. The van der Waals surface area contributed by atoms with E-state index in [0.29, 0.717) is 18.8 Å². The zero-order valence-corrected chi connectivity index (χ0v) is 22.6. The smallest absolute Gasteiger partial charge is 0.255 e. The molecule has 1 fully saturated rings.